The van der Waals surface area contributed by atoms with Gasteiger partial charge in [-0.05, 0) is 42.5 Å². The normalized spacial score (nSPS) is 11.6. The minimum atomic E-state index is -4.20. The number of carboxylic acid groups (broad SMARTS) is 1. The van der Waals surface area contributed by atoms with Crippen LogP contribution in [-0.4, -0.2) is 37.9 Å². The van der Waals surface area contributed by atoms with Crippen LogP contribution in [0.1, 0.15) is 10.4 Å². The molecule has 3 aromatic rings. The molecule has 0 spiro atoms. The van der Waals surface area contributed by atoms with E-state index in [1.54, 1.807) is 0 Å². The van der Waals surface area contributed by atoms with Crippen molar-refractivity contribution in [3.8, 4) is 0 Å². The van der Waals surface area contributed by atoms with Gasteiger partial charge in [0.15, 0.2) is 0 Å². The lowest BCUT2D eigenvalue weighted by Gasteiger charge is -2.11. The van der Waals surface area contributed by atoms with Crippen molar-refractivity contribution < 1.29 is 26.7 Å². The van der Waals surface area contributed by atoms with Crippen LogP contribution in [0.4, 0.5) is 11.6 Å². The van der Waals surface area contributed by atoms with Crippen LogP contribution >= 0.6 is 0 Å². The highest BCUT2D eigenvalue weighted by Gasteiger charge is 2.22. The van der Waals surface area contributed by atoms with Crippen LogP contribution in [0, 0.1) is 0 Å². The van der Waals surface area contributed by atoms with Crippen molar-refractivity contribution >= 4 is 37.7 Å². The zero-order valence-corrected chi connectivity index (χ0v) is 16.2. The Morgan fingerprint density at radius 3 is 2.03 bits per heavy atom. The fraction of sp³-hybridized carbons (Fsp3) is 0. The molecular formula is C17H14N4O6S2. The Kier molecular flexibility index (Phi) is 5.48. The van der Waals surface area contributed by atoms with Crippen molar-refractivity contribution in [2.75, 3.05) is 9.44 Å². The predicted octanol–water partition coefficient (Wildman–Crippen LogP) is 1.78. The minimum absolute atomic E-state index is 0.0557. The second-order valence-electron chi connectivity index (χ2n) is 5.61. The number of carboxylic acids is 1. The van der Waals surface area contributed by atoms with Gasteiger partial charge >= 0.3 is 5.97 Å². The lowest BCUT2D eigenvalue weighted by Crippen LogP contribution is -2.17. The minimum Gasteiger partial charge on any atom is -0.478 e. The van der Waals surface area contributed by atoms with Gasteiger partial charge < -0.3 is 5.11 Å². The predicted molar refractivity (Wildman–Crippen MR) is 103 cm³/mol. The number of hydrogen-bond acceptors (Lipinski definition) is 7. The van der Waals surface area contributed by atoms with Gasteiger partial charge in [-0.1, -0.05) is 12.1 Å². The highest BCUT2D eigenvalue weighted by atomic mass is 32.2. The molecule has 0 saturated carbocycles. The fourth-order valence-electron chi connectivity index (χ4n) is 2.32. The summed E-state index contributed by atoms with van der Waals surface area (Å²) in [5, 5.41) is 9.17. The summed E-state index contributed by atoms with van der Waals surface area (Å²) in [5.41, 5.74) is -0.327. The maximum atomic E-state index is 12.5. The summed E-state index contributed by atoms with van der Waals surface area (Å²) in [7, 11) is -8.18. The molecule has 0 saturated heterocycles. The molecule has 10 nitrogen and oxygen atoms in total. The molecule has 0 aliphatic heterocycles. The number of rotatable bonds is 7. The van der Waals surface area contributed by atoms with Gasteiger partial charge in [0.25, 0.3) is 20.0 Å². The maximum absolute atomic E-state index is 12.5. The first-order valence-electron chi connectivity index (χ1n) is 7.94. The van der Waals surface area contributed by atoms with E-state index in [0.717, 1.165) is 6.07 Å². The smallest absolute Gasteiger partial charge is 0.337 e. The number of aromatic nitrogens is 2. The summed E-state index contributed by atoms with van der Waals surface area (Å²) in [6.07, 6.45) is 2.75. The van der Waals surface area contributed by atoms with Crippen LogP contribution in [0.3, 0.4) is 0 Å². The number of nitrogens with one attached hydrogen (secondary N) is 2. The number of benzene rings is 2. The first-order valence-corrected chi connectivity index (χ1v) is 10.9. The van der Waals surface area contributed by atoms with Crippen LogP contribution in [-0.2, 0) is 20.0 Å². The highest BCUT2D eigenvalue weighted by Crippen LogP contribution is 2.21. The summed E-state index contributed by atoms with van der Waals surface area (Å²) in [6.45, 7) is 0. The van der Waals surface area contributed by atoms with E-state index in [0.29, 0.717) is 0 Å². The van der Waals surface area contributed by atoms with Crippen LogP contribution < -0.4 is 9.44 Å². The van der Waals surface area contributed by atoms with Crippen molar-refractivity contribution in [3.05, 3.63) is 72.6 Å². The van der Waals surface area contributed by atoms with Gasteiger partial charge in [0, 0.05) is 18.1 Å². The van der Waals surface area contributed by atoms with Crippen molar-refractivity contribution in [1.29, 1.82) is 0 Å². The molecule has 0 amide bonds. The molecule has 3 N–H and O–H groups in total. The quantitative estimate of drug-likeness (QED) is 0.508. The van der Waals surface area contributed by atoms with E-state index in [2.05, 4.69) is 19.4 Å². The van der Waals surface area contributed by atoms with E-state index < -0.39 is 30.9 Å². The van der Waals surface area contributed by atoms with E-state index in [1.807, 2.05) is 0 Å². The number of anilines is 2. The van der Waals surface area contributed by atoms with Gasteiger partial charge in [0.2, 0.25) is 5.95 Å². The summed E-state index contributed by atoms with van der Waals surface area (Å²) < 4.78 is 54.2. The number of carbonyl (C=O) groups is 1. The molecule has 29 heavy (non-hydrogen) atoms. The first kappa shape index (κ1) is 20.2. The summed E-state index contributed by atoms with van der Waals surface area (Å²) in [5.74, 6) is -1.50. The zero-order valence-electron chi connectivity index (χ0n) is 14.6. The third-order valence-electron chi connectivity index (χ3n) is 3.62. The number of hydrogen-bond donors (Lipinski definition) is 3. The highest BCUT2D eigenvalue weighted by molar-refractivity contribution is 7.93. The van der Waals surface area contributed by atoms with Gasteiger partial charge in [0.1, 0.15) is 4.90 Å². The third-order valence-corrected chi connectivity index (χ3v) is 6.40. The Bertz CT molecular complexity index is 1240. The first-order chi connectivity index (χ1) is 13.7. The van der Waals surface area contributed by atoms with Gasteiger partial charge in [-0.15, -0.1) is 0 Å². The Balaban J connectivity index is 1.83. The summed E-state index contributed by atoms with van der Waals surface area (Å²) in [6, 6.07) is 11.5. The lowest BCUT2D eigenvalue weighted by atomic mass is 10.2. The molecule has 0 unspecified atom stereocenters. The van der Waals surface area contributed by atoms with Crippen LogP contribution in [0.15, 0.2) is 76.8 Å². The van der Waals surface area contributed by atoms with E-state index in [1.165, 1.54) is 60.9 Å². The molecule has 0 atom stereocenters. The van der Waals surface area contributed by atoms with E-state index in [-0.39, 0.29) is 22.1 Å². The fourth-order valence-corrected chi connectivity index (χ4v) is 4.54. The SMILES string of the molecule is O=C(O)c1ccccc1S(=O)(=O)Nc1ccc(S(=O)(=O)Nc2ncccn2)cc1. The van der Waals surface area contributed by atoms with Crippen LogP contribution in [0.5, 0.6) is 0 Å². The molecule has 150 valence electrons. The van der Waals surface area contributed by atoms with Crippen molar-refractivity contribution in [2.24, 2.45) is 0 Å². The zero-order chi connectivity index (χ0) is 21.1. The largest absolute Gasteiger partial charge is 0.478 e. The topological polar surface area (TPSA) is 155 Å². The van der Waals surface area contributed by atoms with E-state index in [4.69, 9.17) is 5.11 Å². The standard InChI is InChI=1S/C17H14N4O6S2/c22-16(23)14-4-1-2-5-15(14)29(26,27)20-12-6-8-13(9-7-12)28(24,25)21-17-18-10-3-11-19-17/h1-11,20H,(H,22,23)(H,18,19,21). The molecule has 0 bridgehead atoms. The van der Waals surface area contributed by atoms with Crippen LogP contribution in [0.2, 0.25) is 0 Å². The molecule has 2 aromatic carbocycles. The second kappa shape index (κ2) is 7.85. The molecule has 0 fully saturated rings. The number of aromatic carboxylic acids is 1. The number of nitrogens with zero attached hydrogens (tertiary/aromatic N) is 2. The Morgan fingerprint density at radius 1 is 0.793 bits per heavy atom. The van der Waals surface area contributed by atoms with Crippen molar-refractivity contribution in [3.63, 3.8) is 0 Å². The lowest BCUT2D eigenvalue weighted by molar-refractivity contribution is 0.0692. The monoisotopic (exact) mass is 434 g/mol. The molecule has 0 aliphatic rings. The Labute approximate surface area is 166 Å². The van der Waals surface area contributed by atoms with Gasteiger partial charge in [-0.2, -0.15) is 0 Å². The third kappa shape index (κ3) is 4.67. The average Bonchev–Trinajstić information content (AvgIpc) is 2.68. The second-order valence-corrected chi connectivity index (χ2v) is 8.94. The maximum Gasteiger partial charge on any atom is 0.337 e. The molecule has 0 aliphatic carbocycles. The molecule has 0 radical (unpaired) electrons. The van der Waals surface area contributed by atoms with Gasteiger partial charge in [-0.3, -0.25) is 4.72 Å². The molecule has 1 aromatic heterocycles. The Morgan fingerprint density at radius 2 is 1.41 bits per heavy atom. The van der Waals surface area contributed by atoms with E-state index >= 15 is 0 Å². The molecular weight excluding hydrogens is 420 g/mol. The molecule has 12 heteroatoms. The van der Waals surface area contributed by atoms with E-state index in [9.17, 15) is 21.6 Å². The average molecular weight is 434 g/mol. The number of sulfonamides is 2. The molecule has 3 rings (SSSR count). The van der Waals surface area contributed by atoms with Gasteiger partial charge in [-0.25, -0.2) is 36.3 Å². The summed E-state index contributed by atoms with van der Waals surface area (Å²) >= 11 is 0. The van der Waals surface area contributed by atoms with Crippen molar-refractivity contribution in [1.82, 2.24) is 9.97 Å². The van der Waals surface area contributed by atoms with Gasteiger partial charge in [0.05, 0.1) is 10.5 Å². The molecule has 1 heterocycles. The van der Waals surface area contributed by atoms with Crippen LogP contribution in [0.25, 0.3) is 0 Å². The summed E-state index contributed by atoms with van der Waals surface area (Å²) in [4.78, 5) is 18.2. The Hall–Kier alpha value is -3.51. The van der Waals surface area contributed by atoms with Crippen molar-refractivity contribution in [2.45, 2.75) is 9.79 Å².